The van der Waals surface area contributed by atoms with E-state index in [0.717, 1.165) is 37.6 Å². The fourth-order valence-corrected chi connectivity index (χ4v) is 1.72. The molecule has 0 bridgehead atoms. The predicted octanol–water partition coefficient (Wildman–Crippen LogP) is 2.23. The molecule has 72 valence electrons. The smallest absolute Gasteiger partial charge is 0.297 e. The van der Waals surface area contributed by atoms with Gasteiger partial charge in [-0.3, -0.25) is 0 Å². The third kappa shape index (κ3) is 1.85. The van der Waals surface area contributed by atoms with Crippen molar-refractivity contribution >= 4 is 6.01 Å². The molecule has 13 heavy (non-hydrogen) atoms. The Morgan fingerprint density at radius 3 is 2.92 bits per heavy atom. The number of rotatable bonds is 3. The van der Waals surface area contributed by atoms with E-state index in [2.05, 4.69) is 16.8 Å². The third-order valence-electron chi connectivity index (χ3n) is 2.42. The van der Waals surface area contributed by atoms with Crippen molar-refractivity contribution in [3.63, 3.8) is 0 Å². The minimum absolute atomic E-state index is 0.820. The summed E-state index contributed by atoms with van der Waals surface area (Å²) in [5.41, 5.74) is 1.09. The van der Waals surface area contributed by atoms with Gasteiger partial charge in [-0.15, -0.1) is 0 Å². The lowest BCUT2D eigenvalue weighted by atomic mass is 10.3. The number of anilines is 1. The second kappa shape index (κ2) is 3.81. The van der Waals surface area contributed by atoms with Crippen molar-refractivity contribution in [3.05, 3.63) is 12.0 Å². The quantitative estimate of drug-likeness (QED) is 0.714. The van der Waals surface area contributed by atoms with E-state index in [1.54, 1.807) is 6.26 Å². The first-order chi connectivity index (χ1) is 6.40. The molecule has 0 radical (unpaired) electrons. The molecule has 0 spiro atoms. The van der Waals surface area contributed by atoms with Gasteiger partial charge in [0.05, 0.1) is 5.69 Å². The lowest BCUT2D eigenvalue weighted by Crippen LogP contribution is -2.17. The molecule has 0 amide bonds. The van der Waals surface area contributed by atoms with Crippen LogP contribution in [0.2, 0.25) is 0 Å². The van der Waals surface area contributed by atoms with Gasteiger partial charge in [0.1, 0.15) is 6.26 Å². The van der Waals surface area contributed by atoms with Gasteiger partial charge in [-0.25, -0.2) is 0 Å². The number of hydrogen-bond donors (Lipinski definition) is 0. The highest BCUT2D eigenvalue weighted by atomic mass is 16.4. The Kier molecular flexibility index (Phi) is 2.52. The van der Waals surface area contributed by atoms with Crippen molar-refractivity contribution in [2.45, 2.75) is 32.6 Å². The average molecular weight is 180 g/mol. The Bertz CT molecular complexity index is 264. The zero-order valence-electron chi connectivity index (χ0n) is 8.12. The largest absolute Gasteiger partial charge is 0.432 e. The maximum atomic E-state index is 5.42. The molecule has 1 aliphatic heterocycles. The Hall–Kier alpha value is -0.990. The average Bonchev–Trinajstić information content (AvgIpc) is 2.70. The van der Waals surface area contributed by atoms with Crippen molar-refractivity contribution in [2.75, 3.05) is 18.0 Å². The summed E-state index contributed by atoms with van der Waals surface area (Å²) in [5, 5.41) is 0. The van der Waals surface area contributed by atoms with Crippen LogP contribution in [0.3, 0.4) is 0 Å². The summed E-state index contributed by atoms with van der Waals surface area (Å²) in [4.78, 5) is 6.66. The molecule has 2 heterocycles. The van der Waals surface area contributed by atoms with Crippen molar-refractivity contribution in [3.8, 4) is 0 Å². The highest BCUT2D eigenvalue weighted by molar-refractivity contribution is 5.28. The van der Waals surface area contributed by atoms with Crippen LogP contribution in [-0.4, -0.2) is 18.1 Å². The highest BCUT2D eigenvalue weighted by Gasteiger charge is 2.16. The van der Waals surface area contributed by atoms with E-state index in [9.17, 15) is 0 Å². The fraction of sp³-hybridized carbons (Fsp3) is 0.700. The molecule has 0 aliphatic carbocycles. The molecule has 0 unspecified atom stereocenters. The van der Waals surface area contributed by atoms with E-state index in [1.807, 2.05) is 0 Å². The van der Waals surface area contributed by atoms with Crippen molar-refractivity contribution in [2.24, 2.45) is 0 Å². The van der Waals surface area contributed by atoms with Gasteiger partial charge >= 0.3 is 0 Å². The van der Waals surface area contributed by atoms with Crippen molar-refractivity contribution < 1.29 is 4.42 Å². The lowest BCUT2D eigenvalue weighted by molar-refractivity contribution is 0.546. The molecule has 1 aliphatic rings. The van der Waals surface area contributed by atoms with Crippen LogP contribution in [0.1, 0.15) is 31.9 Å². The summed E-state index contributed by atoms with van der Waals surface area (Å²) in [5.74, 6) is 0. The summed E-state index contributed by atoms with van der Waals surface area (Å²) in [6.07, 6.45) is 6.48. The van der Waals surface area contributed by atoms with Gasteiger partial charge in [0.25, 0.3) is 6.01 Å². The normalized spacial score (nSPS) is 16.8. The zero-order valence-corrected chi connectivity index (χ0v) is 8.12. The molecule has 0 N–H and O–H groups in total. The number of hydrogen-bond acceptors (Lipinski definition) is 3. The van der Waals surface area contributed by atoms with Crippen LogP contribution in [0.4, 0.5) is 6.01 Å². The Morgan fingerprint density at radius 2 is 2.23 bits per heavy atom. The number of aryl methyl sites for hydroxylation is 1. The molecule has 1 saturated heterocycles. The van der Waals surface area contributed by atoms with E-state index in [-0.39, 0.29) is 0 Å². The van der Waals surface area contributed by atoms with Crippen LogP contribution < -0.4 is 4.90 Å². The van der Waals surface area contributed by atoms with Crippen LogP contribution in [0.25, 0.3) is 0 Å². The maximum absolute atomic E-state index is 5.42. The van der Waals surface area contributed by atoms with Gasteiger partial charge in [0.2, 0.25) is 0 Å². The van der Waals surface area contributed by atoms with Gasteiger partial charge < -0.3 is 9.32 Å². The van der Waals surface area contributed by atoms with Gasteiger partial charge in [0.15, 0.2) is 0 Å². The van der Waals surface area contributed by atoms with E-state index >= 15 is 0 Å². The minimum atomic E-state index is 0.820. The molecule has 0 saturated carbocycles. The second-order valence-electron chi connectivity index (χ2n) is 3.57. The molecule has 0 atom stereocenters. The van der Waals surface area contributed by atoms with Crippen LogP contribution >= 0.6 is 0 Å². The number of aromatic nitrogens is 1. The van der Waals surface area contributed by atoms with Crippen LogP contribution in [0.15, 0.2) is 10.7 Å². The van der Waals surface area contributed by atoms with Crippen LogP contribution in [0.5, 0.6) is 0 Å². The van der Waals surface area contributed by atoms with E-state index in [0.29, 0.717) is 0 Å². The van der Waals surface area contributed by atoms with Gasteiger partial charge in [-0.2, -0.15) is 4.98 Å². The monoisotopic (exact) mass is 180 g/mol. The Labute approximate surface area is 78.8 Å². The molecule has 3 heteroatoms. The molecule has 1 fully saturated rings. The standard InChI is InChI=1S/C10H16N2O/c1-2-5-9-8-13-10(11-9)12-6-3-4-7-12/h8H,2-7H2,1H3. The Balaban J connectivity index is 2.03. The minimum Gasteiger partial charge on any atom is -0.432 e. The third-order valence-corrected chi connectivity index (χ3v) is 2.42. The van der Waals surface area contributed by atoms with E-state index in [1.165, 1.54) is 12.8 Å². The first-order valence-electron chi connectivity index (χ1n) is 5.09. The summed E-state index contributed by atoms with van der Waals surface area (Å²) in [6, 6.07) is 0.820. The molecular weight excluding hydrogens is 164 g/mol. The highest BCUT2D eigenvalue weighted by Crippen LogP contribution is 2.19. The van der Waals surface area contributed by atoms with Crippen molar-refractivity contribution in [1.29, 1.82) is 0 Å². The topological polar surface area (TPSA) is 29.3 Å². The van der Waals surface area contributed by atoms with E-state index in [4.69, 9.17) is 4.42 Å². The lowest BCUT2D eigenvalue weighted by Gasteiger charge is -2.10. The van der Waals surface area contributed by atoms with Crippen LogP contribution in [-0.2, 0) is 6.42 Å². The summed E-state index contributed by atoms with van der Waals surface area (Å²) in [7, 11) is 0. The molecule has 1 aromatic rings. The molecule has 3 nitrogen and oxygen atoms in total. The number of nitrogens with zero attached hydrogens (tertiary/aromatic N) is 2. The zero-order chi connectivity index (χ0) is 9.10. The first kappa shape index (κ1) is 8.60. The summed E-state index contributed by atoms with van der Waals surface area (Å²) < 4.78 is 5.42. The predicted molar refractivity (Wildman–Crippen MR) is 51.9 cm³/mol. The molecule has 2 rings (SSSR count). The first-order valence-corrected chi connectivity index (χ1v) is 5.09. The SMILES string of the molecule is CCCc1coc(N2CCCC2)n1. The Morgan fingerprint density at radius 1 is 1.46 bits per heavy atom. The van der Waals surface area contributed by atoms with Crippen LogP contribution in [0, 0.1) is 0 Å². The fourth-order valence-electron chi connectivity index (χ4n) is 1.72. The summed E-state index contributed by atoms with van der Waals surface area (Å²) in [6.45, 7) is 4.36. The summed E-state index contributed by atoms with van der Waals surface area (Å²) >= 11 is 0. The molecule has 1 aromatic heterocycles. The van der Waals surface area contributed by atoms with Gasteiger partial charge in [-0.1, -0.05) is 13.3 Å². The second-order valence-corrected chi connectivity index (χ2v) is 3.57. The van der Waals surface area contributed by atoms with Gasteiger partial charge in [0, 0.05) is 13.1 Å². The van der Waals surface area contributed by atoms with Crippen molar-refractivity contribution in [1.82, 2.24) is 4.98 Å². The maximum Gasteiger partial charge on any atom is 0.297 e. The molecule has 0 aromatic carbocycles. The van der Waals surface area contributed by atoms with E-state index < -0.39 is 0 Å². The number of oxazole rings is 1. The van der Waals surface area contributed by atoms with Gasteiger partial charge in [-0.05, 0) is 19.3 Å². The molecular formula is C10H16N2O.